The van der Waals surface area contributed by atoms with E-state index in [9.17, 15) is 0 Å². The Morgan fingerprint density at radius 3 is 2.62 bits per heavy atom. The van der Waals surface area contributed by atoms with Crippen LogP contribution in [0.25, 0.3) is 0 Å². The molecule has 1 saturated carbocycles. The Balaban J connectivity index is 1.88. The number of hydrogen-bond donors (Lipinski definition) is 1. The van der Waals surface area contributed by atoms with Gasteiger partial charge in [0.15, 0.2) is 0 Å². The van der Waals surface area contributed by atoms with E-state index in [1.165, 1.54) is 51.7 Å². The van der Waals surface area contributed by atoms with Crippen LogP contribution < -0.4 is 5.32 Å². The first-order valence-electron chi connectivity index (χ1n) is 7.23. The second kappa shape index (κ2) is 5.05. The Labute approximate surface area is 101 Å². The highest BCUT2D eigenvalue weighted by Crippen LogP contribution is 2.40. The number of rotatable bonds is 5. The molecule has 2 heteroatoms. The maximum Gasteiger partial charge on any atom is 0.0304 e. The lowest BCUT2D eigenvalue weighted by Crippen LogP contribution is -2.60. The minimum absolute atomic E-state index is 0.414. The third kappa shape index (κ3) is 2.43. The lowest BCUT2D eigenvalue weighted by molar-refractivity contribution is 0.112. The van der Waals surface area contributed by atoms with Crippen LogP contribution >= 0.6 is 0 Å². The third-order valence-electron chi connectivity index (χ3n) is 4.77. The Bertz CT molecular complexity index is 223. The lowest BCUT2D eigenvalue weighted by atomic mass is 9.90. The van der Waals surface area contributed by atoms with Gasteiger partial charge in [-0.05, 0) is 31.6 Å². The summed E-state index contributed by atoms with van der Waals surface area (Å²) in [7, 11) is 0. The summed E-state index contributed by atoms with van der Waals surface area (Å²) in [5.41, 5.74) is 0.414. The summed E-state index contributed by atoms with van der Waals surface area (Å²) in [4.78, 5) is 2.77. The Hall–Kier alpha value is -0.0800. The summed E-state index contributed by atoms with van der Waals surface area (Å²) < 4.78 is 0. The second-order valence-electron chi connectivity index (χ2n) is 5.74. The number of hydrogen-bond acceptors (Lipinski definition) is 2. The van der Waals surface area contributed by atoms with E-state index in [4.69, 9.17) is 0 Å². The first-order chi connectivity index (χ1) is 7.74. The predicted molar refractivity (Wildman–Crippen MR) is 69.7 cm³/mol. The minimum atomic E-state index is 0.414. The van der Waals surface area contributed by atoms with Gasteiger partial charge < -0.3 is 5.32 Å². The molecule has 1 heterocycles. The molecule has 94 valence electrons. The highest BCUT2D eigenvalue weighted by Gasteiger charge is 2.44. The van der Waals surface area contributed by atoms with Gasteiger partial charge in [0.1, 0.15) is 0 Å². The molecule has 0 amide bonds. The van der Waals surface area contributed by atoms with Gasteiger partial charge in [-0.15, -0.1) is 0 Å². The summed E-state index contributed by atoms with van der Waals surface area (Å²) in [6.45, 7) is 10.7. The molecule has 2 nitrogen and oxygen atoms in total. The van der Waals surface area contributed by atoms with Crippen LogP contribution in [0.2, 0.25) is 0 Å². The van der Waals surface area contributed by atoms with E-state index in [-0.39, 0.29) is 0 Å². The van der Waals surface area contributed by atoms with E-state index < -0.39 is 0 Å². The van der Waals surface area contributed by atoms with Crippen molar-refractivity contribution in [2.24, 2.45) is 5.92 Å². The Kier molecular flexibility index (Phi) is 3.91. The molecule has 0 aromatic rings. The van der Waals surface area contributed by atoms with Gasteiger partial charge in [-0.1, -0.05) is 27.2 Å². The van der Waals surface area contributed by atoms with Crippen LogP contribution in [-0.2, 0) is 0 Å². The van der Waals surface area contributed by atoms with Crippen molar-refractivity contribution >= 4 is 0 Å². The van der Waals surface area contributed by atoms with Crippen LogP contribution in [0.3, 0.4) is 0 Å². The average Bonchev–Trinajstić information content (AvgIpc) is 3.09. The second-order valence-corrected chi connectivity index (χ2v) is 5.74. The number of piperazine rings is 1. The van der Waals surface area contributed by atoms with Gasteiger partial charge in [-0.25, -0.2) is 0 Å². The summed E-state index contributed by atoms with van der Waals surface area (Å²) in [6, 6.07) is 0.930. The molecule has 0 spiro atoms. The fourth-order valence-electron chi connectivity index (χ4n) is 3.35. The molecule has 1 aliphatic carbocycles. The van der Waals surface area contributed by atoms with Crippen molar-refractivity contribution in [1.82, 2.24) is 10.2 Å². The van der Waals surface area contributed by atoms with Crippen molar-refractivity contribution in [2.45, 2.75) is 64.5 Å². The molecule has 2 atom stereocenters. The molecule has 0 aromatic carbocycles. The maximum absolute atomic E-state index is 3.75. The minimum Gasteiger partial charge on any atom is -0.309 e. The van der Waals surface area contributed by atoms with Gasteiger partial charge in [0.2, 0.25) is 0 Å². The van der Waals surface area contributed by atoms with Gasteiger partial charge >= 0.3 is 0 Å². The van der Waals surface area contributed by atoms with Crippen LogP contribution in [0.1, 0.15) is 52.9 Å². The monoisotopic (exact) mass is 224 g/mol. The smallest absolute Gasteiger partial charge is 0.0304 e. The third-order valence-corrected chi connectivity index (χ3v) is 4.77. The fraction of sp³-hybridized carbons (Fsp3) is 1.00. The zero-order valence-electron chi connectivity index (χ0n) is 11.3. The van der Waals surface area contributed by atoms with Crippen molar-refractivity contribution in [1.29, 1.82) is 0 Å². The van der Waals surface area contributed by atoms with Crippen LogP contribution in [0.4, 0.5) is 0 Å². The molecule has 2 fully saturated rings. The Morgan fingerprint density at radius 1 is 1.25 bits per heavy atom. The van der Waals surface area contributed by atoms with Crippen LogP contribution in [-0.4, -0.2) is 36.1 Å². The van der Waals surface area contributed by atoms with Crippen molar-refractivity contribution in [3.8, 4) is 0 Å². The van der Waals surface area contributed by atoms with Crippen LogP contribution in [0, 0.1) is 5.92 Å². The molecule has 2 aliphatic rings. The molecule has 1 aliphatic heterocycles. The number of nitrogens with one attached hydrogen (secondary N) is 1. The largest absolute Gasteiger partial charge is 0.309 e. The predicted octanol–water partition coefficient (Wildman–Crippen LogP) is 2.64. The molecule has 0 aromatic heterocycles. The fourth-order valence-corrected chi connectivity index (χ4v) is 3.35. The molecular formula is C14H28N2. The first-order valence-corrected chi connectivity index (χ1v) is 7.23. The van der Waals surface area contributed by atoms with E-state index in [0.29, 0.717) is 5.54 Å². The highest BCUT2D eigenvalue weighted by molar-refractivity contribution is 5.01. The van der Waals surface area contributed by atoms with E-state index >= 15 is 0 Å². The topological polar surface area (TPSA) is 15.3 Å². The van der Waals surface area contributed by atoms with Gasteiger partial charge in [0, 0.05) is 31.2 Å². The van der Waals surface area contributed by atoms with E-state index in [0.717, 1.165) is 12.0 Å². The molecule has 0 radical (unpaired) electrons. The van der Waals surface area contributed by atoms with E-state index in [1.807, 2.05) is 0 Å². The van der Waals surface area contributed by atoms with E-state index in [1.54, 1.807) is 0 Å². The quantitative estimate of drug-likeness (QED) is 0.772. The molecule has 1 saturated heterocycles. The van der Waals surface area contributed by atoms with Crippen molar-refractivity contribution in [2.75, 3.05) is 19.6 Å². The molecule has 2 rings (SSSR count). The normalized spacial score (nSPS) is 33.9. The maximum atomic E-state index is 3.75. The molecule has 2 unspecified atom stereocenters. The number of nitrogens with zero attached hydrogens (tertiary/aromatic N) is 1. The molecule has 0 bridgehead atoms. The molecule has 16 heavy (non-hydrogen) atoms. The summed E-state index contributed by atoms with van der Waals surface area (Å²) in [5, 5.41) is 3.75. The molecular weight excluding hydrogens is 196 g/mol. The zero-order valence-corrected chi connectivity index (χ0v) is 11.3. The van der Waals surface area contributed by atoms with Crippen LogP contribution in [0.5, 0.6) is 0 Å². The summed E-state index contributed by atoms with van der Waals surface area (Å²) in [5.74, 6) is 1.02. The average molecular weight is 224 g/mol. The van der Waals surface area contributed by atoms with Gasteiger partial charge in [-0.2, -0.15) is 0 Å². The standard InChI is InChI=1S/C14H28N2/c1-4-7-12-10-13(12)16-9-8-15-14(5-2,6-3)11-16/h12-13,15H,4-11H2,1-3H3. The van der Waals surface area contributed by atoms with E-state index in [2.05, 4.69) is 31.0 Å². The summed E-state index contributed by atoms with van der Waals surface area (Å²) >= 11 is 0. The SMILES string of the molecule is CCCC1CC1N1CCNC(CC)(CC)C1. The van der Waals surface area contributed by atoms with Crippen molar-refractivity contribution in [3.05, 3.63) is 0 Å². The molecule has 1 N–H and O–H groups in total. The summed E-state index contributed by atoms with van der Waals surface area (Å²) in [6.07, 6.45) is 6.81. The zero-order chi connectivity index (χ0) is 11.6. The highest BCUT2D eigenvalue weighted by atomic mass is 15.3. The first kappa shape index (κ1) is 12.4. The van der Waals surface area contributed by atoms with Gasteiger partial charge in [0.05, 0.1) is 0 Å². The lowest BCUT2D eigenvalue weighted by Gasteiger charge is -2.43. The van der Waals surface area contributed by atoms with Gasteiger partial charge in [0.25, 0.3) is 0 Å². The Morgan fingerprint density at radius 2 is 2.00 bits per heavy atom. The van der Waals surface area contributed by atoms with Crippen molar-refractivity contribution < 1.29 is 0 Å². The van der Waals surface area contributed by atoms with Crippen molar-refractivity contribution in [3.63, 3.8) is 0 Å². The van der Waals surface area contributed by atoms with Gasteiger partial charge in [-0.3, -0.25) is 4.90 Å². The van der Waals surface area contributed by atoms with Crippen LogP contribution in [0.15, 0.2) is 0 Å².